The van der Waals surface area contributed by atoms with E-state index in [2.05, 4.69) is 17.2 Å². The molecule has 2 aromatic heterocycles. The molecule has 0 aliphatic heterocycles. The highest BCUT2D eigenvalue weighted by molar-refractivity contribution is 7.12. The first kappa shape index (κ1) is 14.6. The number of carbonyl (C=O) groups is 1. The molecule has 20 heavy (non-hydrogen) atoms. The average molecular weight is 306 g/mol. The minimum Gasteiger partial charge on any atom is -0.496 e. The summed E-state index contributed by atoms with van der Waals surface area (Å²) in [6.07, 6.45) is 0. The summed E-state index contributed by atoms with van der Waals surface area (Å²) >= 11 is 2.93. The van der Waals surface area contributed by atoms with Gasteiger partial charge in [-0.1, -0.05) is 11.8 Å². The van der Waals surface area contributed by atoms with Gasteiger partial charge < -0.3 is 15.8 Å². The number of hydrogen-bond acceptors (Lipinski definition) is 5. The van der Waals surface area contributed by atoms with E-state index in [0.29, 0.717) is 23.7 Å². The molecule has 0 atom stereocenters. The van der Waals surface area contributed by atoms with E-state index in [-0.39, 0.29) is 5.91 Å². The maximum absolute atomic E-state index is 12.0. The molecule has 0 bridgehead atoms. The number of rotatable bonds is 4. The lowest BCUT2D eigenvalue weighted by Crippen LogP contribution is -2.21. The number of ether oxygens (including phenoxy) is 1. The first-order valence-corrected chi connectivity index (χ1v) is 7.66. The van der Waals surface area contributed by atoms with Gasteiger partial charge in [0.2, 0.25) is 0 Å². The van der Waals surface area contributed by atoms with Crippen LogP contribution in [0.1, 0.15) is 20.1 Å². The molecular weight excluding hydrogens is 292 g/mol. The molecule has 104 valence electrons. The Labute approximate surface area is 125 Å². The van der Waals surface area contributed by atoms with Crippen LogP contribution in [0.2, 0.25) is 0 Å². The second kappa shape index (κ2) is 7.10. The molecule has 0 spiro atoms. The predicted molar refractivity (Wildman–Crippen MR) is 82.3 cm³/mol. The van der Waals surface area contributed by atoms with Crippen molar-refractivity contribution in [2.75, 3.05) is 13.7 Å². The van der Waals surface area contributed by atoms with Gasteiger partial charge in [0.1, 0.15) is 5.75 Å². The van der Waals surface area contributed by atoms with Crippen molar-refractivity contribution in [3.8, 4) is 17.6 Å². The third kappa shape index (κ3) is 3.61. The molecule has 1 amide bonds. The van der Waals surface area contributed by atoms with Gasteiger partial charge in [-0.3, -0.25) is 4.79 Å². The third-order valence-corrected chi connectivity index (χ3v) is 4.34. The van der Waals surface area contributed by atoms with Gasteiger partial charge in [0, 0.05) is 21.9 Å². The highest BCUT2D eigenvalue weighted by Gasteiger charge is 2.10. The van der Waals surface area contributed by atoms with Gasteiger partial charge in [0.25, 0.3) is 5.91 Å². The lowest BCUT2D eigenvalue weighted by molar-refractivity contribution is 0.0955. The first-order chi connectivity index (χ1) is 9.74. The van der Waals surface area contributed by atoms with Crippen LogP contribution >= 0.6 is 22.7 Å². The molecule has 0 saturated heterocycles. The topological polar surface area (TPSA) is 64.3 Å². The van der Waals surface area contributed by atoms with E-state index in [1.807, 2.05) is 11.4 Å². The summed E-state index contributed by atoms with van der Waals surface area (Å²) in [5.74, 6) is 6.41. The fourth-order valence-corrected chi connectivity index (χ4v) is 3.07. The first-order valence-electron chi connectivity index (χ1n) is 5.90. The number of nitrogens with two attached hydrogens (primary N) is 1. The van der Waals surface area contributed by atoms with Gasteiger partial charge in [-0.2, -0.15) is 0 Å². The Balaban J connectivity index is 1.98. The standard InChI is InChI=1S/C14H14N2O2S2/c1-18-11-7-12(20-9-11)14(17)16-8-13-10(3-2-5-15)4-6-19-13/h4,6-7,9H,5,8,15H2,1H3,(H,16,17). The van der Waals surface area contributed by atoms with Crippen LogP contribution in [0.4, 0.5) is 0 Å². The monoisotopic (exact) mass is 306 g/mol. The Morgan fingerprint density at radius 2 is 2.35 bits per heavy atom. The Morgan fingerprint density at radius 1 is 1.50 bits per heavy atom. The normalized spacial score (nSPS) is 9.70. The molecule has 3 N–H and O–H groups in total. The zero-order valence-electron chi connectivity index (χ0n) is 10.9. The van der Waals surface area contributed by atoms with Crippen LogP contribution in [0.25, 0.3) is 0 Å². The van der Waals surface area contributed by atoms with Crippen molar-refractivity contribution in [2.45, 2.75) is 6.54 Å². The van der Waals surface area contributed by atoms with E-state index in [9.17, 15) is 4.79 Å². The molecule has 0 fully saturated rings. The third-order valence-electron chi connectivity index (χ3n) is 2.51. The Bertz CT molecular complexity index is 649. The lowest BCUT2D eigenvalue weighted by Gasteiger charge is -2.02. The van der Waals surface area contributed by atoms with Gasteiger partial charge in [0.05, 0.1) is 25.1 Å². The van der Waals surface area contributed by atoms with Crippen molar-refractivity contribution in [1.82, 2.24) is 5.32 Å². The van der Waals surface area contributed by atoms with E-state index in [1.165, 1.54) is 11.3 Å². The second-order valence-corrected chi connectivity index (χ2v) is 5.71. The summed E-state index contributed by atoms with van der Waals surface area (Å²) in [5.41, 5.74) is 6.28. The molecule has 2 heterocycles. The summed E-state index contributed by atoms with van der Waals surface area (Å²) in [7, 11) is 1.58. The molecular formula is C14H14N2O2S2. The molecule has 0 aromatic carbocycles. The summed E-state index contributed by atoms with van der Waals surface area (Å²) in [6, 6.07) is 3.66. The number of methoxy groups -OCH3 is 1. The van der Waals surface area contributed by atoms with Gasteiger partial charge in [-0.25, -0.2) is 0 Å². The largest absolute Gasteiger partial charge is 0.496 e. The van der Waals surface area contributed by atoms with Crippen molar-refractivity contribution in [2.24, 2.45) is 5.73 Å². The number of carbonyl (C=O) groups excluding carboxylic acids is 1. The zero-order valence-corrected chi connectivity index (χ0v) is 12.6. The van der Waals surface area contributed by atoms with Crippen LogP contribution in [0.3, 0.4) is 0 Å². The minimum atomic E-state index is -0.107. The van der Waals surface area contributed by atoms with Crippen LogP contribution in [0.5, 0.6) is 5.75 Å². The summed E-state index contributed by atoms with van der Waals surface area (Å²) in [5, 5.41) is 6.64. The number of thiophene rings is 2. The van der Waals surface area contributed by atoms with Gasteiger partial charge in [-0.05, 0) is 11.4 Å². The molecule has 4 nitrogen and oxygen atoms in total. The molecule has 0 saturated carbocycles. The molecule has 0 aliphatic carbocycles. The minimum absolute atomic E-state index is 0.107. The van der Waals surface area contributed by atoms with Crippen LogP contribution in [0, 0.1) is 11.8 Å². The van der Waals surface area contributed by atoms with Crippen LogP contribution in [-0.2, 0) is 6.54 Å². The number of nitrogens with one attached hydrogen (secondary N) is 1. The fourth-order valence-electron chi connectivity index (χ4n) is 1.53. The quantitative estimate of drug-likeness (QED) is 0.850. The van der Waals surface area contributed by atoms with Crippen LogP contribution < -0.4 is 15.8 Å². The van der Waals surface area contributed by atoms with E-state index in [4.69, 9.17) is 10.5 Å². The Hall–Kier alpha value is -1.81. The summed E-state index contributed by atoms with van der Waals surface area (Å²) in [4.78, 5) is 13.6. The van der Waals surface area contributed by atoms with Crippen molar-refractivity contribution >= 4 is 28.6 Å². The van der Waals surface area contributed by atoms with E-state index in [0.717, 1.165) is 10.4 Å². The van der Waals surface area contributed by atoms with Gasteiger partial charge in [0.15, 0.2) is 0 Å². The van der Waals surface area contributed by atoms with Crippen molar-refractivity contribution in [3.05, 3.63) is 38.2 Å². The zero-order chi connectivity index (χ0) is 14.4. The van der Waals surface area contributed by atoms with Crippen LogP contribution in [-0.4, -0.2) is 19.6 Å². The van der Waals surface area contributed by atoms with Gasteiger partial charge in [-0.15, -0.1) is 22.7 Å². The molecule has 2 rings (SSSR count). The van der Waals surface area contributed by atoms with Crippen molar-refractivity contribution < 1.29 is 9.53 Å². The maximum Gasteiger partial charge on any atom is 0.261 e. The molecule has 0 aliphatic rings. The van der Waals surface area contributed by atoms with E-state index < -0.39 is 0 Å². The summed E-state index contributed by atoms with van der Waals surface area (Å²) in [6.45, 7) is 0.794. The Kier molecular flexibility index (Phi) is 5.18. The SMILES string of the molecule is COc1csc(C(=O)NCc2sccc2C#CCN)c1. The van der Waals surface area contributed by atoms with Crippen molar-refractivity contribution in [3.63, 3.8) is 0 Å². The molecule has 0 unspecified atom stereocenters. The highest BCUT2D eigenvalue weighted by atomic mass is 32.1. The highest BCUT2D eigenvalue weighted by Crippen LogP contribution is 2.21. The molecule has 2 aromatic rings. The second-order valence-electron chi connectivity index (χ2n) is 3.80. The number of hydrogen-bond donors (Lipinski definition) is 2. The number of amides is 1. The molecule has 6 heteroatoms. The Morgan fingerprint density at radius 3 is 3.05 bits per heavy atom. The fraction of sp³-hybridized carbons (Fsp3) is 0.214. The lowest BCUT2D eigenvalue weighted by atomic mass is 10.2. The average Bonchev–Trinajstić information content (AvgIpc) is 3.11. The van der Waals surface area contributed by atoms with E-state index >= 15 is 0 Å². The predicted octanol–water partition coefficient (Wildman–Crippen LogP) is 2.06. The maximum atomic E-state index is 12.0. The summed E-state index contributed by atoms with van der Waals surface area (Å²) < 4.78 is 5.06. The van der Waals surface area contributed by atoms with E-state index in [1.54, 1.807) is 29.9 Å². The smallest absolute Gasteiger partial charge is 0.261 e. The van der Waals surface area contributed by atoms with Crippen LogP contribution in [0.15, 0.2) is 22.9 Å². The van der Waals surface area contributed by atoms with Gasteiger partial charge >= 0.3 is 0 Å². The van der Waals surface area contributed by atoms with Crippen molar-refractivity contribution in [1.29, 1.82) is 0 Å². The molecule has 0 radical (unpaired) electrons.